The molecule has 2 aromatic heterocycles. The summed E-state index contributed by atoms with van der Waals surface area (Å²) in [7, 11) is 1.41. The number of hydrogen-bond acceptors (Lipinski definition) is 2. The number of aromatic nitrogens is 1. The van der Waals surface area contributed by atoms with Crippen molar-refractivity contribution < 1.29 is 9.53 Å². The summed E-state index contributed by atoms with van der Waals surface area (Å²) in [6.07, 6.45) is 1.96. The molecule has 0 radical (unpaired) electrons. The van der Waals surface area contributed by atoms with Crippen LogP contribution in [0.1, 0.15) is 10.4 Å². The predicted molar refractivity (Wildman–Crippen MR) is 91.7 cm³/mol. The van der Waals surface area contributed by atoms with Crippen LogP contribution >= 0.6 is 0 Å². The standard InChI is InChI=1S/C20H15NO2/c1-23-20(22)17-13-19(21-11-5-4-8-18(17)21)16-10-9-14-6-2-3-7-15(14)12-16/h2-13H,1H3. The third-order valence-electron chi connectivity index (χ3n) is 4.13. The summed E-state index contributed by atoms with van der Waals surface area (Å²) in [6.45, 7) is 0. The van der Waals surface area contributed by atoms with E-state index in [1.165, 1.54) is 17.9 Å². The highest BCUT2D eigenvalue weighted by Crippen LogP contribution is 2.29. The number of fused-ring (bicyclic) bond motifs is 2. The number of carbonyl (C=O) groups excluding carboxylic acids is 1. The van der Waals surface area contributed by atoms with Crippen molar-refractivity contribution in [1.82, 2.24) is 4.40 Å². The molecule has 0 unspecified atom stereocenters. The van der Waals surface area contributed by atoms with E-state index in [4.69, 9.17) is 4.74 Å². The summed E-state index contributed by atoms with van der Waals surface area (Å²) in [5, 5.41) is 2.38. The van der Waals surface area contributed by atoms with E-state index in [1.807, 2.05) is 47.0 Å². The number of methoxy groups -OCH3 is 1. The molecule has 0 aliphatic heterocycles. The van der Waals surface area contributed by atoms with E-state index in [9.17, 15) is 4.79 Å². The molecular formula is C20H15NO2. The molecule has 0 saturated heterocycles. The number of ether oxygens (including phenoxy) is 1. The molecule has 0 atom stereocenters. The van der Waals surface area contributed by atoms with E-state index in [2.05, 4.69) is 30.3 Å². The fourth-order valence-electron chi connectivity index (χ4n) is 3.00. The Morgan fingerprint density at radius 2 is 1.70 bits per heavy atom. The normalized spacial score (nSPS) is 11.0. The molecule has 0 saturated carbocycles. The van der Waals surface area contributed by atoms with Gasteiger partial charge in [-0.1, -0.05) is 42.5 Å². The molecule has 0 aliphatic rings. The average Bonchev–Trinajstić information content (AvgIpc) is 3.00. The lowest BCUT2D eigenvalue weighted by atomic mass is 10.0. The van der Waals surface area contributed by atoms with Gasteiger partial charge in [0.1, 0.15) is 0 Å². The summed E-state index contributed by atoms with van der Waals surface area (Å²) < 4.78 is 6.94. The summed E-state index contributed by atoms with van der Waals surface area (Å²) in [6, 6.07) is 22.3. The zero-order valence-electron chi connectivity index (χ0n) is 12.7. The van der Waals surface area contributed by atoms with E-state index in [0.717, 1.165) is 16.8 Å². The molecule has 4 rings (SSSR count). The summed E-state index contributed by atoms with van der Waals surface area (Å²) in [5.74, 6) is -0.319. The van der Waals surface area contributed by atoms with Crippen LogP contribution in [0.2, 0.25) is 0 Å². The minimum atomic E-state index is -0.319. The van der Waals surface area contributed by atoms with E-state index in [1.54, 1.807) is 0 Å². The number of esters is 1. The van der Waals surface area contributed by atoms with Gasteiger partial charge in [-0.15, -0.1) is 0 Å². The van der Waals surface area contributed by atoms with Crippen molar-refractivity contribution in [3.8, 4) is 11.3 Å². The molecule has 0 N–H and O–H groups in total. The Labute approximate surface area is 133 Å². The van der Waals surface area contributed by atoms with Crippen molar-refractivity contribution >= 4 is 22.3 Å². The Morgan fingerprint density at radius 3 is 2.52 bits per heavy atom. The Balaban J connectivity index is 1.98. The maximum Gasteiger partial charge on any atom is 0.340 e. The van der Waals surface area contributed by atoms with Crippen molar-refractivity contribution in [2.45, 2.75) is 0 Å². The van der Waals surface area contributed by atoms with E-state index >= 15 is 0 Å². The van der Waals surface area contributed by atoms with Gasteiger partial charge in [0.2, 0.25) is 0 Å². The third-order valence-corrected chi connectivity index (χ3v) is 4.13. The van der Waals surface area contributed by atoms with Crippen LogP contribution in [0.15, 0.2) is 72.9 Å². The van der Waals surface area contributed by atoms with Crippen LogP contribution < -0.4 is 0 Å². The Hall–Kier alpha value is -3.07. The van der Waals surface area contributed by atoms with Crippen LogP contribution in [-0.2, 0) is 4.74 Å². The smallest absolute Gasteiger partial charge is 0.340 e. The summed E-state index contributed by atoms with van der Waals surface area (Å²) >= 11 is 0. The van der Waals surface area contributed by atoms with E-state index < -0.39 is 0 Å². The quantitative estimate of drug-likeness (QED) is 0.509. The van der Waals surface area contributed by atoms with Gasteiger partial charge < -0.3 is 9.14 Å². The van der Waals surface area contributed by atoms with Gasteiger partial charge in [-0.2, -0.15) is 0 Å². The highest BCUT2D eigenvalue weighted by molar-refractivity contribution is 6.00. The largest absolute Gasteiger partial charge is 0.465 e. The van der Waals surface area contributed by atoms with Crippen molar-refractivity contribution in [2.24, 2.45) is 0 Å². The molecule has 0 bridgehead atoms. The minimum absolute atomic E-state index is 0.319. The minimum Gasteiger partial charge on any atom is -0.465 e. The van der Waals surface area contributed by atoms with Gasteiger partial charge in [-0.3, -0.25) is 0 Å². The van der Waals surface area contributed by atoms with Gasteiger partial charge in [0.25, 0.3) is 0 Å². The number of rotatable bonds is 2. The second-order valence-corrected chi connectivity index (χ2v) is 5.45. The first-order valence-corrected chi connectivity index (χ1v) is 7.45. The first-order chi connectivity index (χ1) is 11.3. The zero-order chi connectivity index (χ0) is 15.8. The van der Waals surface area contributed by atoms with Crippen molar-refractivity contribution in [3.05, 3.63) is 78.5 Å². The molecule has 2 heterocycles. The molecule has 23 heavy (non-hydrogen) atoms. The molecule has 2 aromatic carbocycles. The van der Waals surface area contributed by atoms with E-state index in [-0.39, 0.29) is 5.97 Å². The first kappa shape index (κ1) is 13.6. The molecule has 4 aromatic rings. The van der Waals surface area contributed by atoms with Gasteiger partial charge >= 0.3 is 5.97 Å². The van der Waals surface area contributed by atoms with Crippen LogP contribution in [0.25, 0.3) is 27.5 Å². The van der Waals surface area contributed by atoms with E-state index in [0.29, 0.717) is 5.56 Å². The Morgan fingerprint density at radius 1 is 0.913 bits per heavy atom. The molecule has 0 aliphatic carbocycles. The van der Waals surface area contributed by atoms with Crippen LogP contribution in [0.3, 0.4) is 0 Å². The lowest BCUT2D eigenvalue weighted by Crippen LogP contribution is -1.99. The van der Waals surface area contributed by atoms with Crippen molar-refractivity contribution in [1.29, 1.82) is 0 Å². The Bertz CT molecular complexity index is 1030. The molecule has 3 heteroatoms. The van der Waals surface area contributed by atoms with Crippen molar-refractivity contribution in [3.63, 3.8) is 0 Å². The maximum absolute atomic E-state index is 12.0. The number of nitrogens with zero attached hydrogens (tertiary/aromatic N) is 1. The van der Waals surface area contributed by atoms with Gasteiger partial charge in [-0.25, -0.2) is 4.79 Å². The Kier molecular flexibility index (Phi) is 3.12. The van der Waals surface area contributed by atoms with Gasteiger partial charge in [0, 0.05) is 6.20 Å². The highest BCUT2D eigenvalue weighted by Gasteiger charge is 2.16. The van der Waals surface area contributed by atoms with Crippen molar-refractivity contribution in [2.75, 3.05) is 7.11 Å². The molecular weight excluding hydrogens is 286 g/mol. The fraction of sp³-hybridized carbons (Fsp3) is 0.0500. The van der Waals surface area contributed by atoms with Crippen LogP contribution in [0.4, 0.5) is 0 Å². The topological polar surface area (TPSA) is 30.7 Å². The maximum atomic E-state index is 12.0. The molecule has 112 valence electrons. The predicted octanol–water partition coefficient (Wildman–Crippen LogP) is 4.55. The van der Waals surface area contributed by atoms with Gasteiger partial charge in [0.05, 0.1) is 23.9 Å². The molecule has 0 fully saturated rings. The number of hydrogen-bond donors (Lipinski definition) is 0. The average molecular weight is 301 g/mol. The summed E-state index contributed by atoms with van der Waals surface area (Å²) in [4.78, 5) is 12.0. The second-order valence-electron chi connectivity index (χ2n) is 5.45. The van der Waals surface area contributed by atoms with Crippen LogP contribution in [-0.4, -0.2) is 17.5 Å². The summed E-state index contributed by atoms with van der Waals surface area (Å²) in [5.41, 5.74) is 3.48. The number of pyridine rings is 1. The monoisotopic (exact) mass is 301 g/mol. The lowest BCUT2D eigenvalue weighted by molar-refractivity contribution is 0.0603. The third kappa shape index (κ3) is 2.18. The van der Waals surface area contributed by atoms with Crippen LogP contribution in [0, 0.1) is 0 Å². The molecule has 0 spiro atoms. The van der Waals surface area contributed by atoms with Gasteiger partial charge in [-0.05, 0) is 40.6 Å². The number of carbonyl (C=O) groups is 1. The second kappa shape index (κ2) is 5.29. The van der Waals surface area contributed by atoms with Crippen LogP contribution in [0.5, 0.6) is 0 Å². The first-order valence-electron chi connectivity index (χ1n) is 7.45. The number of benzene rings is 2. The SMILES string of the molecule is COC(=O)c1cc(-c2ccc3ccccc3c2)n2ccccc12. The zero-order valence-corrected chi connectivity index (χ0v) is 12.7. The fourth-order valence-corrected chi connectivity index (χ4v) is 3.00. The lowest BCUT2D eigenvalue weighted by Gasteiger charge is -2.05. The van der Waals surface area contributed by atoms with Gasteiger partial charge in [0.15, 0.2) is 0 Å². The molecule has 3 nitrogen and oxygen atoms in total. The highest BCUT2D eigenvalue weighted by atomic mass is 16.5. The molecule has 0 amide bonds.